The normalized spacial score (nSPS) is 13.2. The van der Waals surface area contributed by atoms with Gasteiger partial charge in [0.15, 0.2) is 0 Å². The first kappa shape index (κ1) is 10.5. The van der Waals surface area contributed by atoms with Crippen molar-refractivity contribution in [3.63, 3.8) is 0 Å². The van der Waals surface area contributed by atoms with Crippen LogP contribution >= 0.6 is 0 Å². The highest BCUT2D eigenvalue weighted by Crippen LogP contribution is 2.25. The van der Waals surface area contributed by atoms with E-state index in [1.165, 1.54) is 0 Å². The third-order valence-electron chi connectivity index (χ3n) is 3.95. The lowest BCUT2D eigenvalue weighted by molar-refractivity contribution is 1.53. The molecule has 0 aliphatic heterocycles. The third-order valence-corrected chi connectivity index (χ3v) is 3.95. The van der Waals surface area contributed by atoms with Crippen LogP contribution in [0.4, 0.5) is 11.4 Å². The molecule has 0 aromatic heterocycles. The van der Waals surface area contributed by atoms with Gasteiger partial charge in [-0.1, -0.05) is 84.8 Å². The van der Waals surface area contributed by atoms with Crippen LogP contribution in [-0.2, 0) is 0 Å². The van der Waals surface area contributed by atoms with Crippen molar-refractivity contribution in [3.05, 3.63) is 109 Å². The molecular weight excluding hydrogens is 302 g/mol. The second kappa shape index (κ2) is 7.06. The Bertz CT molecular complexity index is 1160. The van der Waals surface area contributed by atoms with Crippen molar-refractivity contribution < 1.29 is 6.85 Å². The minimum absolute atomic E-state index is 0.196. The fourth-order valence-electron chi connectivity index (χ4n) is 2.66. The molecule has 1 nitrogen and oxygen atoms in total. The van der Waals surface area contributed by atoms with E-state index in [1.54, 1.807) is 12.1 Å². The number of rotatable bonds is 4. The summed E-state index contributed by atoms with van der Waals surface area (Å²) in [5, 5.41) is 3.32. The van der Waals surface area contributed by atoms with E-state index in [1.807, 2.05) is 42.5 Å². The van der Waals surface area contributed by atoms with Crippen LogP contribution in [0.5, 0.6) is 0 Å². The first-order valence-corrected chi connectivity index (χ1v) is 8.05. The van der Waals surface area contributed by atoms with E-state index < -0.39 is 0 Å². The quantitative estimate of drug-likeness (QED) is 0.436. The summed E-state index contributed by atoms with van der Waals surface area (Å²) in [4.78, 5) is 0. The van der Waals surface area contributed by atoms with Crippen molar-refractivity contribution in [1.29, 1.82) is 0 Å². The molecule has 4 rings (SSSR count). The Kier molecular flexibility index (Phi) is 2.97. The van der Waals surface area contributed by atoms with Crippen molar-refractivity contribution in [1.82, 2.24) is 0 Å². The fourth-order valence-corrected chi connectivity index (χ4v) is 2.66. The van der Waals surface area contributed by atoms with Crippen LogP contribution in [0.25, 0.3) is 22.3 Å². The number of anilines is 2. The summed E-state index contributed by atoms with van der Waals surface area (Å²) in [5.74, 6) is 0. The summed E-state index contributed by atoms with van der Waals surface area (Å²) in [5.41, 5.74) is 4.87. The van der Waals surface area contributed by atoms with Gasteiger partial charge >= 0.3 is 0 Å². The predicted molar refractivity (Wildman–Crippen MR) is 107 cm³/mol. The van der Waals surface area contributed by atoms with Gasteiger partial charge in [-0.3, -0.25) is 0 Å². The highest BCUT2D eigenvalue weighted by atomic mass is 14.9. The Morgan fingerprint density at radius 1 is 0.480 bits per heavy atom. The van der Waals surface area contributed by atoms with E-state index >= 15 is 0 Å². The number of hydrogen-bond donors (Lipinski definition) is 1. The van der Waals surface area contributed by atoms with Crippen molar-refractivity contribution in [2.75, 3.05) is 5.32 Å². The minimum Gasteiger partial charge on any atom is -0.356 e. The molecule has 25 heavy (non-hydrogen) atoms. The van der Waals surface area contributed by atoms with Gasteiger partial charge in [0.25, 0.3) is 0 Å². The molecule has 0 saturated heterocycles. The summed E-state index contributed by atoms with van der Waals surface area (Å²) in [6.07, 6.45) is 0. The summed E-state index contributed by atoms with van der Waals surface area (Å²) in [6, 6.07) is 24.0. The van der Waals surface area contributed by atoms with E-state index in [0.717, 1.165) is 22.5 Å². The largest absolute Gasteiger partial charge is 0.356 e. The van der Waals surface area contributed by atoms with Crippen LogP contribution in [0.15, 0.2) is 109 Å². The monoisotopic (exact) mass is 326 g/mol. The lowest BCUT2D eigenvalue weighted by Gasteiger charge is -2.09. The molecule has 1 N–H and O–H groups in total. The average Bonchev–Trinajstić information content (AvgIpc) is 2.79. The van der Waals surface area contributed by atoms with Gasteiger partial charge in [-0.15, -0.1) is 0 Å². The lowest BCUT2D eigenvalue weighted by atomic mass is 10.0. The predicted octanol–water partition coefficient (Wildman–Crippen LogP) is 6.76. The Balaban J connectivity index is 1.57. The second-order valence-corrected chi connectivity index (χ2v) is 5.65. The molecule has 0 bridgehead atoms. The molecule has 0 aliphatic rings. The Labute approximate surface area is 155 Å². The van der Waals surface area contributed by atoms with Crippen LogP contribution < -0.4 is 5.32 Å². The van der Waals surface area contributed by atoms with Gasteiger partial charge in [-0.25, -0.2) is 0 Å². The highest BCUT2D eigenvalue weighted by molar-refractivity contribution is 5.70. The molecular formula is C24H19N. The maximum absolute atomic E-state index is 8.11. The molecule has 0 saturated carbocycles. The first-order chi connectivity index (χ1) is 14.5. The standard InChI is InChI=1S/C24H19N/c1-3-7-19(8-4-1)21-11-15-23(16-12-21)25-24-17-13-22(14-18-24)20-9-5-2-6-10-20/h1-18,25H/i1D,3D,4D,7D,8D. The summed E-state index contributed by atoms with van der Waals surface area (Å²) in [7, 11) is 0. The molecule has 0 spiro atoms. The second-order valence-electron chi connectivity index (χ2n) is 5.65. The van der Waals surface area contributed by atoms with Gasteiger partial charge in [0, 0.05) is 11.4 Å². The molecule has 0 radical (unpaired) electrons. The Morgan fingerprint density at radius 3 is 1.52 bits per heavy atom. The van der Waals surface area contributed by atoms with Crippen molar-refractivity contribution in [2.24, 2.45) is 0 Å². The average molecular weight is 326 g/mol. The van der Waals surface area contributed by atoms with E-state index in [2.05, 4.69) is 29.6 Å². The highest BCUT2D eigenvalue weighted by Gasteiger charge is 2.00. The zero-order valence-electron chi connectivity index (χ0n) is 18.5. The SMILES string of the molecule is [2H]c1c([2H])c([2H])c(-c2ccc(Nc3ccc(-c4ccccc4)cc3)cc2)c([2H])c1[2H]. The Hall–Kier alpha value is -3.32. The number of hydrogen-bond acceptors (Lipinski definition) is 1. The molecule has 0 fully saturated rings. The van der Waals surface area contributed by atoms with Gasteiger partial charge in [0.2, 0.25) is 0 Å². The van der Waals surface area contributed by atoms with Crippen molar-refractivity contribution in [3.8, 4) is 22.3 Å². The summed E-state index contributed by atoms with van der Waals surface area (Å²) >= 11 is 0. The molecule has 1 heteroatoms. The van der Waals surface area contributed by atoms with Gasteiger partial charge < -0.3 is 5.32 Å². The molecule has 0 heterocycles. The molecule has 0 amide bonds. The van der Waals surface area contributed by atoms with Gasteiger partial charge in [0.05, 0.1) is 6.85 Å². The summed E-state index contributed by atoms with van der Waals surface area (Å²) in [6.45, 7) is 0. The maximum Gasteiger partial charge on any atom is 0.0629 e. The van der Waals surface area contributed by atoms with Crippen LogP contribution in [0.2, 0.25) is 0 Å². The molecule has 4 aromatic rings. The van der Waals surface area contributed by atoms with E-state index in [0.29, 0.717) is 5.56 Å². The Morgan fingerprint density at radius 2 is 0.960 bits per heavy atom. The van der Waals surface area contributed by atoms with Crippen molar-refractivity contribution >= 4 is 11.4 Å². The zero-order valence-corrected chi connectivity index (χ0v) is 13.5. The first-order valence-electron chi connectivity index (χ1n) is 10.6. The van der Waals surface area contributed by atoms with Crippen LogP contribution in [-0.4, -0.2) is 0 Å². The molecule has 0 atom stereocenters. The van der Waals surface area contributed by atoms with E-state index in [4.69, 9.17) is 6.85 Å². The number of benzene rings is 4. The van der Waals surface area contributed by atoms with Crippen molar-refractivity contribution in [2.45, 2.75) is 0 Å². The molecule has 0 aliphatic carbocycles. The van der Waals surface area contributed by atoms with E-state index in [9.17, 15) is 0 Å². The minimum atomic E-state index is -0.383. The fraction of sp³-hybridized carbons (Fsp3) is 0. The molecule has 0 unspecified atom stereocenters. The van der Waals surface area contributed by atoms with Crippen LogP contribution in [0.1, 0.15) is 6.85 Å². The van der Waals surface area contributed by atoms with Gasteiger partial charge in [-0.05, 0) is 46.5 Å². The smallest absolute Gasteiger partial charge is 0.0629 e. The van der Waals surface area contributed by atoms with Crippen LogP contribution in [0.3, 0.4) is 0 Å². The van der Waals surface area contributed by atoms with Gasteiger partial charge in [-0.2, -0.15) is 0 Å². The topological polar surface area (TPSA) is 12.0 Å². The zero-order chi connectivity index (χ0) is 21.3. The van der Waals surface area contributed by atoms with E-state index in [-0.39, 0.29) is 35.8 Å². The molecule has 4 aromatic carbocycles. The molecule has 120 valence electrons. The van der Waals surface area contributed by atoms with Crippen LogP contribution in [0, 0.1) is 0 Å². The third kappa shape index (κ3) is 3.61. The lowest BCUT2D eigenvalue weighted by Crippen LogP contribution is -1.90. The summed E-state index contributed by atoms with van der Waals surface area (Å²) < 4.78 is 39.6. The number of nitrogens with one attached hydrogen (secondary N) is 1. The van der Waals surface area contributed by atoms with Gasteiger partial charge in [0.1, 0.15) is 0 Å². The maximum atomic E-state index is 8.11.